The smallest absolute Gasteiger partial charge is 0.247 e. The summed E-state index contributed by atoms with van der Waals surface area (Å²) in [6.07, 6.45) is 5.84. The van der Waals surface area contributed by atoms with Crippen LogP contribution in [0.4, 0.5) is 5.69 Å². The van der Waals surface area contributed by atoms with Gasteiger partial charge < -0.3 is 36.3 Å². The van der Waals surface area contributed by atoms with Crippen LogP contribution >= 0.6 is 0 Å². The number of aliphatic imine (C=N–C) groups is 2. The van der Waals surface area contributed by atoms with Crippen molar-refractivity contribution >= 4 is 35.6 Å². The summed E-state index contributed by atoms with van der Waals surface area (Å²) < 4.78 is 5.47. The summed E-state index contributed by atoms with van der Waals surface area (Å²) in [5.41, 5.74) is 2.37. The highest BCUT2D eigenvalue weighted by Gasteiger charge is 2.34. The van der Waals surface area contributed by atoms with E-state index in [2.05, 4.69) is 44.8 Å². The summed E-state index contributed by atoms with van der Waals surface area (Å²) in [4.78, 5) is 36.5. The van der Waals surface area contributed by atoms with E-state index in [4.69, 9.17) is 10.1 Å². The number of hydrogen-bond acceptors (Lipinski definition) is 9. The van der Waals surface area contributed by atoms with Gasteiger partial charge in [0.2, 0.25) is 23.7 Å². The van der Waals surface area contributed by atoms with E-state index in [1.807, 2.05) is 38.1 Å². The van der Waals surface area contributed by atoms with Gasteiger partial charge in [-0.05, 0) is 61.3 Å². The third-order valence-electron chi connectivity index (χ3n) is 7.56. The lowest BCUT2D eigenvalue weighted by Crippen LogP contribution is -2.51. The molecule has 2 unspecified atom stereocenters. The minimum absolute atomic E-state index is 0.104. The quantitative estimate of drug-likeness (QED) is 0.243. The molecule has 41 heavy (non-hydrogen) atoms. The summed E-state index contributed by atoms with van der Waals surface area (Å²) in [5, 5.41) is 20.9. The highest BCUT2D eigenvalue weighted by molar-refractivity contribution is 6.00. The van der Waals surface area contributed by atoms with Crippen LogP contribution in [0, 0.1) is 17.2 Å². The topological polar surface area (TPSA) is 143 Å². The molecular weight excluding hydrogens is 520 g/mol. The molecule has 11 nitrogen and oxygen atoms in total. The van der Waals surface area contributed by atoms with Gasteiger partial charge in [0.05, 0.1) is 0 Å². The monoisotopic (exact) mass is 562 g/mol. The van der Waals surface area contributed by atoms with E-state index < -0.39 is 6.04 Å². The van der Waals surface area contributed by atoms with E-state index in [9.17, 15) is 9.59 Å². The lowest BCUT2D eigenvalue weighted by Gasteiger charge is -2.37. The van der Waals surface area contributed by atoms with Gasteiger partial charge in [-0.1, -0.05) is 39.5 Å². The number of carbonyl (C=O) groups is 2. The Morgan fingerprint density at radius 3 is 2.73 bits per heavy atom. The highest BCUT2D eigenvalue weighted by Crippen LogP contribution is 2.24. The fraction of sp³-hybridized carbons (Fsp3) is 0.500. The average Bonchev–Trinajstić information content (AvgIpc) is 2.96. The number of allylic oxidation sites excluding steroid dienone is 1. The first-order chi connectivity index (χ1) is 19.8. The maximum atomic E-state index is 13.2. The molecule has 220 valence electrons. The lowest BCUT2D eigenvalue weighted by molar-refractivity contribution is -0.137. The molecule has 3 heterocycles. The van der Waals surface area contributed by atoms with Gasteiger partial charge in [-0.15, -0.1) is 0 Å². The van der Waals surface area contributed by atoms with E-state index in [-0.39, 0.29) is 23.8 Å². The van der Waals surface area contributed by atoms with Gasteiger partial charge in [0.25, 0.3) is 0 Å². The third kappa shape index (κ3) is 8.03. The van der Waals surface area contributed by atoms with Gasteiger partial charge in [-0.25, -0.2) is 0 Å². The molecule has 1 aromatic carbocycles. The Kier molecular flexibility index (Phi) is 10.3. The fourth-order valence-corrected chi connectivity index (χ4v) is 5.16. The van der Waals surface area contributed by atoms with E-state index in [1.54, 1.807) is 4.90 Å². The second-order valence-corrected chi connectivity index (χ2v) is 11.1. The molecule has 2 fully saturated rings. The normalized spacial score (nSPS) is 22.6. The molecule has 0 aromatic heterocycles. The third-order valence-corrected chi connectivity index (χ3v) is 7.56. The minimum Gasteiger partial charge on any atom is -0.381 e. The summed E-state index contributed by atoms with van der Waals surface area (Å²) in [6, 6.07) is 7.29. The molecule has 4 rings (SSSR count). The van der Waals surface area contributed by atoms with Crippen LogP contribution in [-0.4, -0.2) is 66.7 Å². The number of nitrogens with one attached hydrogen (secondary N) is 5. The number of hydrogen-bond donors (Lipinski definition) is 5. The molecule has 3 aliphatic rings. The van der Waals surface area contributed by atoms with Crippen LogP contribution in [0.2, 0.25) is 0 Å². The molecule has 11 heteroatoms. The van der Waals surface area contributed by atoms with Gasteiger partial charge in [0, 0.05) is 49.8 Å². The number of ether oxygens (including phenoxy) is 1. The van der Waals surface area contributed by atoms with Crippen molar-refractivity contribution in [2.24, 2.45) is 21.8 Å². The number of likely N-dealkylation sites (tertiary alicyclic amines) is 1. The molecule has 2 amide bonds. The number of amides is 2. The number of rotatable bonds is 8. The molecule has 0 bridgehead atoms. The van der Waals surface area contributed by atoms with E-state index in [0.717, 1.165) is 30.4 Å². The van der Waals surface area contributed by atoms with Gasteiger partial charge >= 0.3 is 0 Å². The zero-order valence-corrected chi connectivity index (χ0v) is 24.2. The van der Waals surface area contributed by atoms with Crippen molar-refractivity contribution in [2.75, 3.05) is 25.1 Å². The van der Waals surface area contributed by atoms with Gasteiger partial charge in [0.1, 0.15) is 11.9 Å². The Hall–Kier alpha value is -3.99. The van der Waals surface area contributed by atoms with Crippen molar-refractivity contribution in [2.45, 2.75) is 65.1 Å². The Labute approximate surface area is 242 Å². The molecule has 0 radical (unpaired) electrons. The predicted octanol–water partition coefficient (Wildman–Crippen LogP) is 3.13. The van der Waals surface area contributed by atoms with Crippen molar-refractivity contribution in [3.05, 3.63) is 53.9 Å². The first kappa shape index (κ1) is 30.0. The minimum atomic E-state index is -0.526. The van der Waals surface area contributed by atoms with Crippen molar-refractivity contribution < 1.29 is 14.3 Å². The van der Waals surface area contributed by atoms with Crippen LogP contribution in [0.3, 0.4) is 0 Å². The Morgan fingerprint density at radius 1 is 1.24 bits per heavy atom. The predicted molar refractivity (Wildman–Crippen MR) is 162 cm³/mol. The average molecular weight is 563 g/mol. The van der Waals surface area contributed by atoms with Crippen LogP contribution in [0.15, 0.2) is 58.3 Å². The molecule has 0 spiro atoms. The Balaban J connectivity index is 1.45. The highest BCUT2D eigenvalue weighted by atomic mass is 16.5. The standard InChI is InChI=1S/C30H42N8O3/c1-5-26(39)38-12-9-20(4)15-25(38)28(40)33-23-8-6-7-21(16-23)18-32-29-35-27(24(17-31)19(2)3)36-30(37-29)34-22-10-13-41-14-11-22/h5-8,16-17,19-20,22,25,31H,1,9-15,18H2,2-4H3,(H,33,40)(H3,32,34,35,36,37)/b27-24-,31-17?. The first-order valence-electron chi connectivity index (χ1n) is 14.4. The van der Waals surface area contributed by atoms with Crippen LogP contribution in [0.25, 0.3) is 0 Å². The Morgan fingerprint density at radius 2 is 2.02 bits per heavy atom. The molecule has 0 saturated carbocycles. The fourth-order valence-electron chi connectivity index (χ4n) is 5.16. The molecule has 0 aliphatic carbocycles. The van der Waals surface area contributed by atoms with Crippen LogP contribution in [0.5, 0.6) is 0 Å². The number of anilines is 1. The van der Waals surface area contributed by atoms with Crippen molar-refractivity contribution in [3.8, 4) is 0 Å². The van der Waals surface area contributed by atoms with Crippen molar-refractivity contribution in [1.82, 2.24) is 20.9 Å². The number of nitrogens with zero attached hydrogens (tertiary/aromatic N) is 3. The number of benzene rings is 1. The maximum absolute atomic E-state index is 13.2. The second kappa shape index (κ2) is 14.1. The second-order valence-electron chi connectivity index (χ2n) is 11.1. The Bertz CT molecular complexity index is 1230. The van der Waals surface area contributed by atoms with E-state index in [0.29, 0.717) is 62.1 Å². The molecule has 3 aliphatic heterocycles. The maximum Gasteiger partial charge on any atom is 0.247 e. The molecule has 2 saturated heterocycles. The van der Waals surface area contributed by atoms with Crippen LogP contribution < -0.4 is 21.3 Å². The van der Waals surface area contributed by atoms with Gasteiger partial charge in [-0.3, -0.25) is 9.59 Å². The van der Waals surface area contributed by atoms with Gasteiger partial charge in [0.15, 0.2) is 0 Å². The summed E-state index contributed by atoms with van der Waals surface area (Å²) in [6.45, 7) is 12.1. The zero-order chi connectivity index (χ0) is 29.4. The number of carbonyl (C=O) groups excluding carboxylic acids is 2. The van der Waals surface area contributed by atoms with Crippen molar-refractivity contribution in [1.29, 1.82) is 5.41 Å². The summed E-state index contributed by atoms with van der Waals surface area (Å²) in [5.74, 6) is 1.65. The largest absolute Gasteiger partial charge is 0.381 e. The molecule has 2 atom stereocenters. The number of guanidine groups is 2. The zero-order valence-electron chi connectivity index (χ0n) is 24.2. The van der Waals surface area contributed by atoms with E-state index in [1.165, 1.54) is 12.3 Å². The molecule has 5 N–H and O–H groups in total. The van der Waals surface area contributed by atoms with E-state index >= 15 is 0 Å². The first-order valence-corrected chi connectivity index (χ1v) is 14.4. The summed E-state index contributed by atoms with van der Waals surface area (Å²) >= 11 is 0. The lowest BCUT2D eigenvalue weighted by atomic mass is 9.91. The van der Waals surface area contributed by atoms with Gasteiger partial charge in [-0.2, -0.15) is 9.98 Å². The summed E-state index contributed by atoms with van der Waals surface area (Å²) in [7, 11) is 0. The molecular formula is C30H42N8O3. The number of piperidine rings is 1. The molecule has 1 aromatic rings. The van der Waals surface area contributed by atoms with Crippen molar-refractivity contribution in [3.63, 3.8) is 0 Å². The van der Waals surface area contributed by atoms with Crippen LogP contribution in [-0.2, 0) is 20.9 Å². The SMILES string of the molecule is C=CC(=O)N1CCC(C)CC1C(=O)Nc1cccc(CNC2=NC(NC3CCOCC3)=N/C(=C(/C=N)C(C)C)N2)c1. The van der Waals surface area contributed by atoms with Crippen LogP contribution in [0.1, 0.15) is 52.0 Å².